The third kappa shape index (κ3) is 9.42. The smallest absolute Gasteiger partial charge is 0.267 e. The van der Waals surface area contributed by atoms with Gasteiger partial charge in [0.05, 0.1) is 23.5 Å². The first-order valence-electron chi connectivity index (χ1n) is 17.2. The molecule has 1 saturated heterocycles. The molecule has 264 valence electrons. The van der Waals surface area contributed by atoms with E-state index in [0.717, 1.165) is 47.8 Å². The lowest BCUT2D eigenvalue weighted by Gasteiger charge is -2.20. The first-order valence-corrected chi connectivity index (χ1v) is 18.5. The van der Waals surface area contributed by atoms with Gasteiger partial charge in [0.25, 0.3) is 5.91 Å². The minimum absolute atomic E-state index is 0.0530. The first kappa shape index (κ1) is 36.9. The van der Waals surface area contributed by atoms with Crippen molar-refractivity contribution >= 4 is 58.1 Å². The number of rotatable bonds is 17. The second-order valence-corrected chi connectivity index (χ2v) is 13.9. The number of tetrazole rings is 1. The van der Waals surface area contributed by atoms with Crippen LogP contribution in [0.5, 0.6) is 5.75 Å². The predicted octanol–water partition coefficient (Wildman–Crippen LogP) is 8.54. The number of amidine groups is 1. The van der Waals surface area contributed by atoms with Gasteiger partial charge in [0.2, 0.25) is 11.1 Å². The number of amides is 2. The average Bonchev–Trinajstić information content (AvgIpc) is 3.68. The van der Waals surface area contributed by atoms with Gasteiger partial charge in [-0.25, -0.2) is 10.0 Å². The summed E-state index contributed by atoms with van der Waals surface area (Å²) in [5, 5.41) is 16.7. The van der Waals surface area contributed by atoms with Crippen LogP contribution < -0.4 is 20.5 Å². The van der Waals surface area contributed by atoms with Gasteiger partial charge in [-0.1, -0.05) is 106 Å². The van der Waals surface area contributed by atoms with Crippen molar-refractivity contribution in [3.05, 3.63) is 76.8 Å². The number of hydrogen-bond donors (Lipinski definition) is 2. The topological polar surface area (TPSA) is 127 Å². The summed E-state index contributed by atoms with van der Waals surface area (Å²) in [6.45, 7) is 6.08. The Hall–Kier alpha value is -4.42. The van der Waals surface area contributed by atoms with Gasteiger partial charge < -0.3 is 10.1 Å². The maximum absolute atomic E-state index is 14.2. The van der Waals surface area contributed by atoms with Crippen molar-refractivity contribution in [1.29, 1.82) is 0 Å². The van der Waals surface area contributed by atoms with E-state index in [4.69, 9.17) is 21.3 Å². The molecular formula is C37H45ClN8O3S. The summed E-state index contributed by atoms with van der Waals surface area (Å²) < 4.78 is 7.22. The number of aliphatic imine (C=N–C) groups is 1. The Morgan fingerprint density at radius 3 is 2.42 bits per heavy atom. The Balaban J connectivity index is 1.37. The third-order valence-corrected chi connectivity index (χ3v) is 9.83. The SMILES string of the molecule is CCCCCCCCCCCC(=O)Nc1ccc(OC)c(N=C2NN(c3c(C)cc(C)cc3Cl)C(=O)C2Sc2nnnn2-c2ccccc2)c1. The van der Waals surface area contributed by atoms with Gasteiger partial charge in [0.1, 0.15) is 17.3 Å². The van der Waals surface area contributed by atoms with Gasteiger partial charge in [-0.2, -0.15) is 4.68 Å². The highest BCUT2D eigenvalue weighted by Gasteiger charge is 2.42. The van der Waals surface area contributed by atoms with Crippen molar-refractivity contribution in [2.45, 2.75) is 95.4 Å². The van der Waals surface area contributed by atoms with Crippen LogP contribution in [0.25, 0.3) is 5.69 Å². The number of benzene rings is 3. The molecule has 1 atom stereocenters. The van der Waals surface area contributed by atoms with Gasteiger partial charge in [-0.3, -0.25) is 15.0 Å². The monoisotopic (exact) mass is 716 g/mol. The number of halogens is 1. The highest BCUT2D eigenvalue weighted by atomic mass is 35.5. The van der Waals surface area contributed by atoms with Crippen LogP contribution in [-0.2, 0) is 9.59 Å². The molecule has 3 aromatic carbocycles. The van der Waals surface area contributed by atoms with E-state index in [1.807, 2.05) is 56.3 Å². The van der Waals surface area contributed by atoms with E-state index < -0.39 is 5.25 Å². The number of aryl methyl sites for hydroxylation is 2. The van der Waals surface area contributed by atoms with Gasteiger partial charge in [0.15, 0.2) is 5.25 Å². The molecule has 0 bridgehead atoms. The minimum Gasteiger partial charge on any atom is -0.494 e. The molecule has 2 amide bonds. The number of unbranched alkanes of at least 4 members (excludes halogenated alkanes) is 8. The summed E-state index contributed by atoms with van der Waals surface area (Å²) >= 11 is 7.87. The zero-order valence-electron chi connectivity index (χ0n) is 29.1. The molecule has 1 aliphatic heterocycles. The predicted molar refractivity (Wildman–Crippen MR) is 201 cm³/mol. The van der Waals surface area contributed by atoms with E-state index >= 15 is 0 Å². The number of carbonyl (C=O) groups excluding carboxylic acids is 2. The number of ether oxygens (including phenoxy) is 1. The van der Waals surface area contributed by atoms with Crippen LogP contribution in [0.4, 0.5) is 17.1 Å². The number of methoxy groups -OCH3 is 1. The van der Waals surface area contributed by atoms with E-state index in [1.165, 1.54) is 43.5 Å². The molecule has 0 saturated carbocycles. The molecule has 2 heterocycles. The number of para-hydroxylation sites is 1. The quantitative estimate of drug-likeness (QED) is 0.104. The maximum Gasteiger partial charge on any atom is 0.267 e. The van der Waals surface area contributed by atoms with Crippen LogP contribution in [0.1, 0.15) is 82.3 Å². The molecule has 4 aromatic rings. The standard InChI is InChI=1S/C37H45ClN8O3S/c1-5-6-7-8-9-10-11-12-16-19-32(47)39-27-20-21-31(49-4)30(24-27)40-35-34(50-37-41-43-44-45(37)28-17-14-13-15-18-28)36(48)46(42-35)33-26(3)22-25(2)23-29(33)38/h13-15,17-18,20-24,34H,5-12,16,19H2,1-4H3,(H,39,47)(H,40,42). The normalized spacial score (nSPS) is 15.1. The fourth-order valence-corrected chi connectivity index (χ4v) is 7.27. The van der Waals surface area contributed by atoms with Crippen LogP contribution >= 0.6 is 23.4 Å². The van der Waals surface area contributed by atoms with E-state index in [1.54, 1.807) is 30.0 Å². The second-order valence-electron chi connectivity index (χ2n) is 12.4. The Bertz CT molecular complexity index is 1780. The molecule has 1 aromatic heterocycles. The molecule has 1 unspecified atom stereocenters. The Morgan fingerprint density at radius 1 is 1.00 bits per heavy atom. The number of hydrogen-bond acceptors (Lipinski definition) is 8. The number of hydrazine groups is 1. The molecule has 1 fully saturated rings. The van der Waals surface area contributed by atoms with Crippen molar-refractivity contribution < 1.29 is 14.3 Å². The summed E-state index contributed by atoms with van der Waals surface area (Å²) in [6.07, 6.45) is 11.1. The zero-order chi connectivity index (χ0) is 35.5. The fourth-order valence-electron chi connectivity index (χ4n) is 5.90. The van der Waals surface area contributed by atoms with Crippen molar-refractivity contribution in [2.24, 2.45) is 4.99 Å². The lowest BCUT2D eigenvalue weighted by molar-refractivity contribution is -0.117. The van der Waals surface area contributed by atoms with Crippen molar-refractivity contribution in [3.8, 4) is 11.4 Å². The summed E-state index contributed by atoms with van der Waals surface area (Å²) in [5.41, 5.74) is 7.31. The largest absolute Gasteiger partial charge is 0.494 e. The van der Waals surface area contributed by atoms with E-state index in [-0.39, 0.29) is 11.8 Å². The number of carbonyl (C=O) groups is 2. The molecule has 0 aliphatic carbocycles. The summed E-state index contributed by atoms with van der Waals surface area (Å²) in [4.78, 5) is 32.0. The van der Waals surface area contributed by atoms with Crippen LogP contribution in [0, 0.1) is 13.8 Å². The van der Waals surface area contributed by atoms with Crippen LogP contribution in [0.2, 0.25) is 5.02 Å². The number of thioether (sulfide) groups is 1. The summed E-state index contributed by atoms with van der Waals surface area (Å²) in [5.74, 6) is 0.456. The van der Waals surface area contributed by atoms with Crippen molar-refractivity contribution in [1.82, 2.24) is 25.6 Å². The fraction of sp³-hybridized carbons (Fsp3) is 0.405. The Morgan fingerprint density at radius 2 is 1.72 bits per heavy atom. The average molecular weight is 717 g/mol. The molecule has 1 aliphatic rings. The van der Waals surface area contributed by atoms with Gasteiger partial charge in [-0.05, 0) is 78.2 Å². The second kappa shape index (κ2) is 18.0. The van der Waals surface area contributed by atoms with E-state index in [0.29, 0.717) is 45.2 Å². The van der Waals surface area contributed by atoms with Crippen LogP contribution in [0.3, 0.4) is 0 Å². The first-order chi connectivity index (χ1) is 24.3. The van der Waals surface area contributed by atoms with Gasteiger partial charge in [-0.15, -0.1) is 5.10 Å². The molecular weight excluding hydrogens is 672 g/mol. The number of nitrogens with one attached hydrogen (secondary N) is 2. The van der Waals surface area contributed by atoms with Crippen LogP contribution in [-0.4, -0.2) is 50.2 Å². The van der Waals surface area contributed by atoms with Crippen LogP contribution in [0.15, 0.2) is 70.8 Å². The highest BCUT2D eigenvalue weighted by Crippen LogP contribution is 2.38. The lowest BCUT2D eigenvalue weighted by atomic mass is 10.1. The summed E-state index contributed by atoms with van der Waals surface area (Å²) in [6, 6.07) is 18.5. The third-order valence-electron chi connectivity index (χ3n) is 8.42. The Kier molecular flexibility index (Phi) is 13.3. The highest BCUT2D eigenvalue weighted by molar-refractivity contribution is 8.01. The van der Waals surface area contributed by atoms with Crippen molar-refractivity contribution in [2.75, 3.05) is 17.4 Å². The molecule has 5 rings (SSSR count). The Labute approximate surface area is 303 Å². The van der Waals surface area contributed by atoms with Crippen molar-refractivity contribution in [3.63, 3.8) is 0 Å². The molecule has 0 spiro atoms. The van der Waals surface area contributed by atoms with Gasteiger partial charge in [0, 0.05) is 12.1 Å². The maximum atomic E-state index is 14.2. The lowest BCUT2D eigenvalue weighted by Crippen LogP contribution is -2.36. The van der Waals surface area contributed by atoms with E-state index in [9.17, 15) is 9.59 Å². The molecule has 0 radical (unpaired) electrons. The van der Waals surface area contributed by atoms with Gasteiger partial charge >= 0.3 is 0 Å². The summed E-state index contributed by atoms with van der Waals surface area (Å²) in [7, 11) is 1.55. The number of anilines is 2. The number of nitrogens with zero attached hydrogens (tertiary/aromatic N) is 6. The van der Waals surface area contributed by atoms with E-state index in [2.05, 4.69) is 33.2 Å². The molecule has 13 heteroatoms. The molecule has 50 heavy (non-hydrogen) atoms. The number of aromatic nitrogens is 4. The molecule has 11 nitrogen and oxygen atoms in total. The molecule has 2 N–H and O–H groups in total. The minimum atomic E-state index is -0.866. The zero-order valence-corrected chi connectivity index (χ0v) is 30.7.